The van der Waals surface area contributed by atoms with Gasteiger partial charge in [-0.15, -0.1) is 4.99 Å². The molecule has 0 bridgehead atoms. The van der Waals surface area contributed by atoms with Crippen LogP contribution in [0.4, 0.5) is 9.59 Å². The number of carbonyl (C=O) groups excluding carboxylic acids is 2. The molecule has 0 fully saturated rings. The van der Waals surface area contributed by atoms with Crippen molar-refractivity contribution in [2.45, 2.75) is 72.1 Å². The Morgan fingerprint density at radius 1 is 0.556 bits per heavy atom. The second-order valence-corrected chi connectivity index (χ2v) is 22.0. The van der Waals surface area contributed by atoms with Gasteiger partial charge in [0.1, 0.15) is 35.1 Å². The smallest absolute Gasteiger partial charge is 0.437 e. The lowest BCUT2D eigenvalue weighted by Gasteiger charge is -2.21. The number of rotatable bonds is 33. The number of guanidine groups is 1. The summed E-state index contributed by atoms with van der Waals surface area (Å²) in [7, 11) is 0. The molecule has 4 N–H and O–H groups in total. The predicted molar refractivity (Wildman–Crippen MR) is 305 cm³/mol. The Morgan fingerprint density at radius 3 is 1.54 bits per heavy atom. The minimum absolute atomic E-state index is 0.0308. The van der Waals surface area contributed by atoms with Gasteiger partial charge < -0.3 is 67.8 Å². The van der Waals surface area contributed by atoms with Gasteiger partial charge in [-0.3, -0.25) is 10.1 Å². The van der Waals surface area contributed by atoms with Gasteiger partial charge in [0.2, 0.25) is 5.96 Å². The van der Waals surface area contributed by atoms with Crippen LogP contribution in [0.15, 0.2) is 53.5 Å². The largest absolute Gasteiger partial charge is 0.491 e. The van der Waals surface area contributed by atoms with E-state index in [1.807, 2.05) is 48.5 Å². The van der Waals surface area contributed by atoms with E-state index in [4.69, 9.17) is 57.2 Å². The van der Waals surface area contributed by atoms with E-state index < -0.39 is 29.4 Å². The fraction of sp³-hybridized carbons (Fsp3) is 0.551. The second-order valence-electron chi connectivity index (χ2n) is 17.3. The third-order valence-corrected chi connectivity index (χ3v) is 11.9. The first-order valence-corrected chi connectivity index (χ1v) is 27.5. The molecule has 2 amide bonds. The standard InChI is InChI=1S/C49H68I4N4O15/c1-48(2,3)71-46(60)56-45(57-47(61)72-49(4,5)6)55-33-34-8-10-36(11-9-34)68-27-26-67-25-24-66-23-22-65-21-20-64-19-18-63-17-16-62-15-13-54-12-7-14-69-43-40(52)31-37(32-41(43)53)70-44-38(50)28-35(29-39(44)51)30-42(58)59/h8-11,28-29,31-32,54H,7,12-27,30,33H2,1-6H3,(H,58,59)(H2,55,56,57,60,61). The summed E-state index contributed by atoms with van der Waals surface area (Å²) in [6.07, 6.45) is -0.810. The number of ether oxygens (including phenoxy) is 11. The highest BCUT2D eigenvalue weighted by atomic mass is 127. The molecule has 72 heavy (non-hydrogen) atoms. The zero-order valence-corrected chi connectivity index (χ0v) is 50.3. The maximum absolute atomic E-state index is 12.3. The van der Waals surface area contributed by atoms with E-state index in [2.05, 4.69) is 111 Å². The molecule has 0 heterocycles. The van der Waals surface area contributed by atoms with Crippen molar-refractivity contribution < 1.29 is 71.6 Å². The number of halogens is 4. The summed E-state index contributed by atoms with van der Waals surface area (Å²) < 4.78 is 65.7. The monoisotopic (exact) mass is 1460 g/mol. The van der Waals surface area contributed by atoms with Crippen LogP contribution in [0.3, 0.4) is 0 Å². The molecule has 0 radical (unpaired) electrons. The van der Waals surface area contributed by atoms with E-state index >= 15 is 0 Å². The second kappa shape index (κ2) is 35.6. The topological polar surface area (TPSA) is 221 Å². The number of nitrogens with zero attached hydrogens (tertiary/aromatic N) is 1. The molecule has 0 saturated carbocycles. The van der Waals surface area contributed by atoms with E-state index in [1.54, 1.807) is 41.5 Å². The normalized spacial score (nSPS) is 11.8. The quantitative estimate of drug-likeness (QED) is 0.0193. The van der Waals surface area contributed by atoms with Crippen LogP contribution in [0.25, 0.3) is 0 Å². The first-order chi connectivity index (χ1) is 34.3. The fourth-order valence-corrected chi connectivity index (χ4v) is 9.82. The van der Waals surface area contributed by atoms with Gasteiger partial charge in [-0.1, -0.05) is 12.1 Å². The van der Waals surface area contributed by atoms with Crippen LogP contribution < -0.4 is 30.2 Å². The Kier molecular flexibility index (Phi) is 31.5. The van der Waals surface area contributed by atoms with Gasteiger partial charge in [0.05, 0.1) is 107 Å². The molecule has 19 nitrogen and oxygen atoms in total. The van der Waals surface area contributed by atoms with Crippen molar-refractivity contribution in [3.05, 3.63) is 73.9 Å². The number of hydrogen-bond donors (Lipinski definition) is 4. The van der Waals surface area contributed by atoms with Crippen molar-refractivity contribution in [2.24, 2.45) is 4.99 Å². The summed E-state index contributed by atoms with van der Waals surface area (Å²) in [5.74, 6) is 1.91. The number of alkyl carbamates (subject to hydrolysis) is 1. The van der Waals surface area contributed by atoms with Crippen molar-refractivity contribution >= 4 is 114 Å². The zero-order chi connectivity index (χ0) is 52.8. The lowest BCUT2D eigenvalue weighted by atomic mass is 10.1. The lowest BCUT2D eigenvalue weighted by Crippen LogP contribution is -2.44. The van der Waals surface area contributed by atoms with E-state index in [-0.39, 0.29) is 18.9 Å². The van der Waals surface area contributed by atoms with Gasteiger partial charge in [-0.25, -0.2) is 9.59 Å². The summed E-state index contributed by atoms with van der Waals surface area (Å²) in [6, 6.07) is 14.9. The highest BCUT2D eigenvalue weighted by Crippen LogP contribution is 2.37. The minimum Gasteiger partial charge on any atom is -0.491 e. The number of carbonyl (C=O) groups is 3. The van der Waals surface area contributed by atoms with Gasteiger partial charge in [0, 0.05) is 13.1 Å². The molecule has 402 valence electrons. The zero-order valence-electron chi connectivity index (χ0n) is 41.7. The van der Waals surface area contributed by atoms with Crippen LogP contribution in [-0.2, 0) is 55.7 Å². The van der Waals surface area contributed by atoms with Gasteiger partial charge >= 0.3 is 18.2 Å². The lowest BCUT2D eigenvalue weighted by molar-refractivity contribution is -0.136. The first-order valence-electron chi connectivity index (χ1n) is 23.2. The molecule has 0 spiro atoms. The fourth-order valence-electron chi connectivity index (χ4n) is 5.68. The molecule has 0 aliphatic carbocycles. The summed E-state index contributed by atoms with van der Waals surface area (Å²) in [4.78, 5) is 39.6. The number of nitrogens with one attached hydrogen (secondary N) is 3. The number of carboxylic acid groups (broad SMARTS) is 1. The third kappa shape index (κ3) is 30.1. The molecular weight excluding hydrogens is 1390 g/mol. The van der Waals surface area contributed by atoms with Crippen molar-refractivity contribution in [2.75, 3.05) is 106 Å². The molecule has 3 rings (SSSR count). The number of aliphatic imine (C=N–C) groups is 1. The van der Waals surface area contributed by atoms with Gasteiger partial charge in [-0.05, 0) is 192 Å². The average Bonchev–Trinajstić information content (AvgIpc) is 3.27. The molecule has 0 aromatic heterocycles. The molecule has 3 aromatic carbocycles. The van der Waals surface area contributed by atoms with Crippen LogP contribution >= 0.6 is 90.4 Å². The number of hydrogen-bond acceptors (Lipinski definition) is 15. The highest BCUT2D eigenvalue weighted by molar-refractivity contribution is 14.1. The van der Waals surface area contributed by atoms with Gasteiger partial charge in [0.25, 0.3) is 0 Å². The van der Waals surface area contributed by atoms with Crippen LogP contribution in [0.5, 0.6) is 23.0 Å². The Morgan fingerprint density at radius 2 is 1.04 bits per heavy atom. The van der Waals surface area contributed by atoms with Crippen LogP contribution in [0, 0.1) is 14.3 Å². The molecule has 0 atom stereocenters. The van der Waals surface area contributed by atoms with Crippen LogP contribution in [0.1, 0.15) is 59.1 Å². The van der Waals surface area contributed by atoms with Gasteiger partial charge in [-0.2, -0.15) is 0 Å². The van der Waals surface area contributed by atoms with E-state index in [0.717, 1.165) is 50.7 Å². The molecule has 0 saturated heterocycles. The molecule has 0 aliphatic heterocycles. The highest BCUT2D eigenvalue weighted by Gasteiger charge is 2.21. The SMILES string of the molecule is CC(C)(C)OC(=O)/N=C(/NCc1ccc(OCCOCCOCCOCCOCCOCCOCCNCCCOc2c(I)cc(Oc3c(I)cc(CC(=O)O)cc3I)cc2I)cc1)NC(=O)OC(C)(C)C. The van der Waals surface area contributed by atoms with Gasteiger partial charge in [0.15, 0.2) is 5.75 Å². The number of carboxylic acids is 1. The van der Waals surface area contributed by atoms with Crippen molar-refractivity contribution in [3.63, 3.8) is 0 Å². The maximum atomic E-state index is 12.3. The minimum atomic E-state index is -0.866. The maximum Gasteiger partial charge on any atom is 0.437 e. The van der Waals surface area contributed by atoms with E-state index in [1.165, 1.54) is 0 Å². The molecular formula is C49H68I4N4O15. The Balaban J connectivity index is 1.08. The van der Waals surface area contributed by atoms with Crippen LogP contribution in [0.2, 0.25) is 0 Å². The summed E-state index contributed by atoms with van der Waals surface area (Å²) in [5, 5.41) is 17.9. The Labute approximate surface area is 477 Å². The number of amides is 2. The number of aliphatic carboxylic acids is 1. The van der Waals surface area contributed by atoms with Crippen molar-refractivity contribution in [3.8, 4) is 23.0 Å². The average molecular weight is 1460 g/mol. The summed E-state index contributed by atoms with van der Waals surface area (Å²) in [6.45, 7) is 18.7. The molecule has 0 unspecified atom stereocenters. The van der Waals surface area contributed by atoms with Crippen molar-refractivity contribution in [1.29, 1.82) is 0 Å². The molecule has 23 heteroatoms. The molecule has 0 aliphatic rings. The van der Waals surface area contributed by atoms with E-state index in [0.29, 0.717) is 110 Å². The van der Waals surface area contributed by atoms with E-state index in [9.17, 15) is 14.4 Å². The Hall–Kier alpha value is -2.62. The van der Waals surface area contributed by atoms with Crippen LogP contribution in [-0.4, -0.2) is 146 Å². The third-order valence-electron chi connectivity index (χ3n) is 8.73. The first kappa shape index (κ1) is 63.7. The molecule has 3 aromatic rings. The summed E-state index contributed by atoms with van der Waals surface area (Å²) >= 11 is 8.86. The summed E-state index contributed by atoms with van der Waals surface area (Å²) in [5.41, 5.74) is 0.0986. The predicted octanol–water partition coefficient (Wildman–Crippen LogP) is 8.97. The number of benzene rings is 3. The van der Waals surface area contributed by atoms with Crippen molar-refractivity contribution in [1.82, 2.24) is 16.0 Å². The Bertz CT molecular complexity index is 2080.